The van der Waals surface area contributed by atoms with Crippen LogP contribution in [0.2, 0.25) is 0 Å². The van der Waals surface area contributed by atoms with Gasteiger partial charge in [-0.1, -0.05) is 72.9 Å². The van der Waals surface area contributed by atoms with E-state index in [1.54, 1.807) is 23.1 Å². The van der Waals surface area contributed by atoms with Gasteiger partial charge in [-0.15, -0.1) is 11.8 Å². The molecule has 3 nitrogen and oxygen atoms in total. The summed E-state index contributed by atoms with van der Waals surface area (Å²) in [6.07, 6.45) is 0.361. The molecule has 29 heavy (non-hydrogen) atoms. The molecule has 0 saturated heterocycles. The van der Waals surface area contributed by atoms with Gasteiger partial charge < -0.3 is 0 Å². The summed E-state index contributed by atoms with van der Waals surface area (Å²) in [6.45, 7) is 2.66. The highest BCUT2D eigenvalue weighted by molar-refractivity contribution is 7.99. The number of aromatic nitrogens is 1. The van der Waals surface area contributed by atoms with Crippen LogP contribution in [0.3, 0.4) is 0 Å². The standard InChI is InChI=1S/C24H22N2OS2/c1-2-28-20-14-12-18(13-15-20)16-23(27)26(17-19-8-4-3-5-9-19)24-25-21-10-6-7-11-22(21)29-24/h3-15H,2,16-17H2,1H3. The lowest BCUT2D eigenvalue weighted by atomic mass is 10.1. The highest BCUT2D eigenvalue weighted by atomic mass is 32.2. The molecule has 4 aromatic rings. The number of thioether (sulfide) groups is 1. The van der Waals surface area contributed by atoms with E-state index in [-0.39, 0.29) is 5.91 Å². The second-order valence-corrected chi connectivity index (χ2v) is 9.03. The van der Waals surface area contributed by atoms with Crippen molar-refractivity contribution < 1.29 is 4.79 Å². The molecule has 0 saturated carbocycles. The van der Waals surface area contributed by atoms with Crippen molar-refractivity contribution in [1.29, 1.82) is 0 Å². The summed E-state index contributed by atoms with van der Waals surface area (Å²) in [6, 6.07) is 26.4. The second-order valence-electron chi connectivity index (χ2n) is 6.68. The first-order chi connectivity index (χ1) is 14.2. The highest BCUT2D eigenvalue weighted by Gasteiger charge is 2.20. The predicted molar refractivity (Wildman–Crippen MR) is 124 cm³/mol. The first-order valence-corrected chi connectivity index (χ1v) is 11.4. The number of hydrogen-bond donors (Lipinski definition) is 0. The van der Waals surface area contributed by atoms with E-state index in [2.05, 4.69) is 31.2 Å². The smallest absolute Gasteiger partial charge is 0.233 e. The van der Waals surface area contributed by atoms with Gasteiger partial charge >= 0.3 is 0 Å². The van der Waals surface area contributed by atoms with E-state index in [1.165, 1.54) is 4.90 Å². The summed E-state index contributed by atoms with van der Waals surface area (Å²) >= 11 is 3.37. The van der Waals surface area contributed by atoms with Gasteiger partial charge in [0.25, 0.3) is 0 Å². The largest absolute Gasteiger partial charge is 0.283 e. The topological polar surface area (TPSA) is 33.2 Å². The number of rotatable bonds is 7. The first-order valence-electron chi connectivity index (χ1n) is 9.64. The molecule has 0 N–H and O–H groups in total. The van der Waals surface area contributed by atoms with Crippen LogP contribution in [0, 0.1) is 0 Å². The van der Waals surface area contributed by atoms with Crippen LogP contribution in [0.25, 0.3) is 10.2 Å². The fraction of sp³-hybridized carbons (Fsp3) is 0.167. The molecule has 1 heterocycles. The molecule has 0 aliphatic rings. The summed E-state index contributed by atoms with van der Waals surface area (Å²) in [4.78, 5) is 21.1. The van der Waals surface area contributed by atoms with E-state index in [9.17, 15) is 4.79 Å². The number of para-hydroxylation sites is 1. The monoisotopic (exact) mass is 418 g/mol. The van der Waals surface area contributed by atoms with Crippen molar-refractivity contribution in [3.63, 3.8) is 0 Å². The minimum Gasteiger partial charge on any atom is -0.283 e. The molecular weight excluding hydrogens is 396 g/mol. The number of anilines is 1. The summed E-state index contributed by atoms with van der Waals surface area (Å²) in [7, 11) is 0. The third kappa shape index (κ3) is 4.86. The Labute approximate surface area is 179 Å². The van der Waals surface area contributed by atoms with Crippen LogP contribution < -0.4 is 4.90 Å². The zero-order valence-electron chi connectivity index (χ0n) is 16.2. The third-order valence-electron chi connectivity index (χ3n) is 4.59. The maximum absolute atomic E-state index is 13.3. The number of carbonyl (C=O) groups is 1. The average Bonchev–Trinajstić information content (AvgIpc) is 3.18. The maximum Gasteiger partial charge on any atom is 0.233 e. The van der Waals surface area contributed by atoms with Crippen molar-refractivity contribution in [2.24, 2.45) is 0 Å². The van der Waals surface area contributed by atoms with E-state index >= 15 is 0 Å². The van der Waals surface area contributed by atoms with Gasteiger partial charge in [0, 0.05) is 4.90 Å². The zero-order chi connectivity index (χ0) is 20.1. The Hall–Kier alpha value is -2.63. The number of amides is 1. The molecule has 0 unspecified atom stereocenters. The molecule has 1 amide bonds. The van der Waals surface area contributed by atoms with E-state index in [1.807, 2.05) is 59.5 Å². The molecule has 0 radical (unpaired) electrons. The van der Waals surface area contributed by atoms with Crippen LogP contribution in [0.1, 0.15) is 18.1 Å². The number of thiazole rings is 1. The normalized spacial score (nSPS) is 10.9. The predicted octanol–water partition coefficient (Wildman–Crippen LogP) is 6.18. The fourth-order valence-corrected chi connectivity index (χ4v) is 4.79. The van der Waals surface area contributed by atoms with E-state index in [4.69, 9.17) is 4.98 Å². The molecule has 0 bridgehead atoms. The lowest BCUT2D eigenvalue weighted by Crippen LogP contribution is -2.31. The van der Waals surface area contributed by atoms with Gasteiger partial charge in [0.1, 0.15) is 0 Å². The third-order valence-corrected chi connectivity index (χ3v) is 6.54. The van der Waals surface area contributed by atoms with Gasteiger partial charge in [-0.05, 0) is 41.1 Å². The Morgan fingerprint density at radius 3 is 2.38 bits per heavy atom. The molecular formula is C24H22N2OS2. The SMILES string of the molecule is CCSc1ccc(CC(=O)N(Cc2ccccc2)c2nc3ccccc3s2)cc1. The lowest BCUT2D eigenvalue weighted by Gasteiger charge is -2.20. The molecule has 0 atom stereocenters. The van der Waals surface area contributed by atoms with Crippen LogP contribution in [-0.2, 0) is 17.8 Å². The summed E-state index contributed by atoms with van der Waals surface area (Å²) in [5.74, 6) is 1.10. The van der Waals surface area contributed by atoms with Crippen molar-refractivity contribution in [3.8, 4) is 0 Å². The number of fused-ring (bicyclic) bond motifs is 1. The molecule has 5 heteroatoms. The zero-order valence-corrected chi connectivity index (χ0v) is 17.9. The van der Waals surface area contributed by atoms with Crippen molar-refractivity contribution in [2.75, 3.05) is 10.7 Å². The van der Waals surface area contributed by atoms with Crippen molar-refractivity contribution in [2.45, 2.75) is 24.8 Å². The Kier molecular flexibility index (Phi) is 6.27. The van der Waals surface area contributed by atoms with Gasteiger partial charge in [0.05, 0.1) is 23.2 Å². The maximum atomic E-state index is 13.3. The molecule has 0 fully saturated rings. The first kappa shape index (κ1) is 19.7. The fourth-order valence-electron chi connectivity index (χ4n) is 3.14. The summed E-state index contributed by atoms with van der Waals surface area (Å²) in [5, 5.41) is 0.748. The van der Waals surface area contributed by atoms with Gasteiger partial charge in [0.15, 0.2) is 5.13 Å². The van der Waals surface area contributed by atoms with Crippen molar-refractivity contribution in [1.82, 2.24) is 4.98 Å². The molecule has 3 aromatic carbocycles. The second kappa shape index (κ2) is 9.25. The molecule has 0 spiro atoms. The van der Waals surface area contributed by atoms with Crippen LogP contribution in [-0.4, -0.2) is 16.6 Å². The van der Waals surface area contributed by atoms with Gasteiger partial charge in [-0.3, -0.25) is 9.69 Å². The van der Waals surface area contributed by atoms with Gasteiger partial charge in [0.2, 0.25) is 5.91 Å². The lowest BCUT2D eigenvalue weighted by molar-refractivity contribution is -0.118. The summed E-state index contributed by atoms with van der Waals surface area (Å²) < 4.78 is 1.09. The van der Waals surface area contributed by atoms with E-state index < -0.39 is 0 Å². The van der Waals surface area contributed by atoms with Crippen molar-refractivity contribution >= 4 is 44.4 Å². The van der Waals surface area contributed by atoms with Crippen LogP contribution in [0.5, 0.6) is 0 Å². The molecule has 1 aromatic heterocycles. The molecule has 0 aliphatic carbocycles. The van der Waals surface area contributed by atoms with E-state index in [0.717, 1.165) is 32.2 Å². The number of benzene rings is 3. The highest BCUT2D eigenvalue weighted by Crippen LogP contribution is 2.30. The van der Waals surface area contributed by atoms with Crippen molar-refractivity contribution in [3.05, 3.63) is 90.0 Å². The van der Waals surface area contributed by atoms with Crippen LogP contribution >= 0.6 is 23.1 Å². The molecule has 4 rings (SSSR count). The Morgan fingerprint density at radius 1 is 0.931 bits per heavy atom. The Balaban J connectivity index is 1.61. The Morgan fingerprint density at radius 2 is 1.66 bits per heavy atom. The number of carbonyl (C=O) groups excluding carboxylic acids is 1. The quantitative estimate of drug-likeness (QED) is 0.336. The Bertz CT molecular complexity index is 1060. The van der Waals surface area contributed by atoms with Crippen LogP contribution in [0.15, 0.2) is 83.8 Å². The van der Waals surface area contributed by atoms with Gasteiger partial charge in [-0.2, -0.15) is 0 Å². The molecule has 0 aliphatic heterocycles. The van der Waals surface area contributed by atoms with E-state index in [0.29, 0.717) is 13.0 Å². The number of nitrogens with zero attached hydrogens (tertiary/aromatic N) is 2. The summed E-state index contributed by atoms with van der Waals surface area (Å²) in [5.41, 5.74) is 3.05. The van der Waals surface area contributed by atoms with Gasteiger partial charge in [-0.25, -0.2) is 4.98 Å². The minimum atomic E-state index is 0.0591. The number of hydrogen-bond acceptors (Lipinski definition) is 4. The average molecular weight is 419 g/mol. The van der Waals surface area contributed by atoms with Crippen LogP contribution in [0.4, 0.5) is 5.13 Å². The minimum absolute atomic E-state index is 0.0591. The molecule has 146 valence electrons.